The molecular weight excluding hydrogens is 210 g/mol. The van der Waals surface area contributed by atoms with Crippen LogP contribution < -0.4 is 0 Å². The second-order valence-corrected chi connectivity index (χ2v) is 5.08. The molecule has 0 aromatic heterocycles. The summed E-state index contributed by atoms with van der Waals surface area (Å²) in [6, 6.07) is 11.0. The van der Waals surface area contributed by atoms with E-state index in [0.29, 0.717) is 19.1 Å². The van der Waals surface area contributed by atoms with E-state index in [1.165, 1.54) is 5.56 Å². The Labute approximate surface area is 103 Å². The molecule has 1 aromatic rings. The van der Waals surface area contributed by atoms with Crippen LogP contribution in [0.1, 0.15) is 43.7 Å². The minimum absolute atomic E-state index is 0.326. The Morgan fingerprint density at radius 2 is 1.76 bits per heavy atom. The van der Waals surface area contributed by atoms with Gasteiger partial charge in [-0.1, -0.05) is 38.1 Å². The molecular formula is C15H19NO. The third-order valence-corrected chi connectivity index (χ3v) is 3.69. The fourth-order valence-electron chi connectivity index (χ4n) is 2.37. The van der Waals surface area contributed by atoms with E-state index in [4.69, 9.17) is 4.74 Å². The lowest BCUT2D eigenvalue weighted by Crippen LogP contribution is -2.32. The van der Waals surface area contributed by atoms with E-state index in [1.807, 2.05) is 0 Å². The highest BCUT2D eigenvalue weighted by molar-refractivity contribution is 5.35. The topological polar surface area (TPSA) is 33.0 Å². The van der Waals surface area contributed by atoms with Crippen molar-refractivity contribution in [3.05, 3.63) is 35.4 Å². The van der Waals surface area contributed by atoms with Crippen molar-refractivity contribution in [2.24, 2.45) is 0 Å². The maximum absolute atomic E-state index is 9.47. The molecule has 0 N–H and O–H groups in total. The molecule has 0 amide bonds. The van der Waals surface area contributed by atoms with Gasteiger partial charge in [0.25, 0.3) is 0 Å². The molecule has 1 saturated heterocycles. The van der Waals surface area contributed by atoms with Crippen molar-refractivity contribution < 1.29 is 4.74 Å². The van der Waals surface area contributed by atoms with Gasteiger partial charge >= 0.3 is 0 Å². The standard InChI is InChI=1S/C15H19NO/c1-12(2)13-3-5-14(6-4-13)15(11-16)7-9-17-10-8-15/h3-6,12H,7-10H2,1-2H3. The molecule has 1 aromatic carbocycles. The summed E-state index contributed by atoms with van der Waals surface area (Å²) >= 11 is 0. The molecule has 0 unspecified atom stereocenters. The van der Waals surface area contributed by atoms with Crippen LogP contribution in [-0.2, 0) is 10.2 Å². The minimum atomic E-state index is -0.326. The quantitative estimate of drug-likeness (QED) is 0.778. The van der Waals surface area contributed by atoms with Gasteiger partial charge in [-0.2, -0.15) is 5.26 Å². The van der Waals surface area contributed by atoms with Gasteiger partial charge in [-0.05, 0) is 29.9 Å². The lowest BCUT2D eigenvalue weighted by Gasteiger charge is -2.31. The third-order valence-electron chi connectivity index (χ3n) is 3.69. The summed E-state index contributed by atoms with van der Waals surface area (Å²) in [5, 5.41) is 9.47. The molecule has 17 heavy (non-hydrogen) atoms. The van der Waals surface area contributed by atoms with E-state index < -0.39 is 0 Å². The molecule has 0 saturated carbocycles. The van der Waals surface area contributed by atoms with E-state index in [1.54, 1.807) is 0 Å². The summed E-state index contributed by atoms with van der Waals surface area (Å²) in [6.07, 6.45) is 1.62. The van der Waals surface area contributed by atoms with Gasteiger partial charge in [-0.25, -0.2) is 0 Å². The van der Waals surface area contributed by atoms with Gasteiger partial charge in [0.2, 0.25) is 0 Å². The molecule has 0 atom stereocenters. The van der Waals surface area contributed by atoms with E-state index >= 15 is 0 Å². The van der Waals surface area contributed by atoms with Crippen LogP contribution in [0.4, 0.5) is 0 Å². The number of benzene rings is 1. The molecule has 1 aliphatic rings. The highest BCUT2D eigenvalue weighted by atomic mass is 16.5. The Morgan fingerprint density at radius 1 is 1.18 bits per heavy atom. The van der Waals surface area contributed by atoms with Crippen LogP contribution in [0.15, 0.2) is 24.3 Å². The molecule has 0 radical (unpaired) electrons. The molecule has 90 valence electrons. The third kappa shape index (κ3) is 2.35. The number of ether oxygens (including phenoxy) is 1. The van der Waals surface area contributed by atoms with E-state index in [9.17, 15) is 5.26 Å². The molecule has 0 bridgehead atoms. The predicted octanol–water partition coefficient (Wildman–Crippen LogP) is 3.38. The van der Waals surface area contributed by atoms with Crippen LogP contribution >= 0.6 is 0 Å². The molecule has 0 spiro atoms. The van der Waals surface area contributed by atoms with Gasteiger partial charge < -0.3 is 4.74 Å². The highest BCUT2D eigenvalue weighted by Crippen LogP contribution is 2.34. The van der Waals surface area contributed by atoms with E-state index in [2.05, 4.69) is 44.2 Å². The van der Waals surface area contributed by atoms with Crippen LogP contribution in [0.2, 0.25) is 0 Å². The van der Waals surface area contributed by atoms with Crippen molar-refractivity contribution in [3.8, 4) is 6.07 Å². The molecule has 1 aliphatic heterocycles. The average molecular weight is 229 g/mol. The lowest BCUT2D eigenvalue weighted by atomic mass is 9.75. The summed E-state index contributed by atoms with van der Waals surface area (Å²) in [5.74, 6) is 0.539. The smallest absolute Gasteiger partial charge is 0.0866 e. The van der Waals surface area contributed by atoms with Crippen LogP contribution in [0.5, 0.6) is 0 Å². The second kappa shape index (κ2) is 4.89. The van der Waals surface area contributed by atoms with Crippen LogP contribution in [0.25, 0.3) is 0 Å². The van der Waals surface area contributed by atoms with Gasteiger partial charge in [0, 0.05) is 13.2 Å². The predicted molar refractivity (Wildman–Crippen MR) is 67.9 cm³/mol. The van der Waals surface area contributed by atoms with Crippen LogP contribution in [-0.4, -0.2) is 13.2 Å². The molecule has 1 fully saturated rings. The van der Waals surface area contributed by atoms with E-state index in [0.717, 1.165) is 18.4 Å². The van der Waals surface area contributed by atoms with Crippen molar-refractivity contribution in [1.82, 2.24) is 0 Å². The van der Waals surface area contributed by atoms with Gasteiger partial charge in [-0.3, -0.25) is 0 Å². The van der Waals surface area contributed by atoms with Crippen molar-refractivity contribution in [3.63, 3.8) is 0 Å². The van der Waals surface area contributed by atoms with Crippen molar-refractivity contribution in [2.45, 2.75) is 38.0 Å². The lowest BCUT2D eigenvalue weighted by molar-refractivity contribution is 0.0675. The van der Waals surface area contributed by atoms with E-state index in [-0.39, 0.29) is 5.41 Å². The summed E-state index contributed by atoms with van der Waals surface area (Å²) in [6.45, 7) is 5.76. The average Bonchev–Trinajstić information content (AvgIpc) is 2.39. The zero-order chi connectivity index (χ0) is 12.3. The van der Waals surface area contributed by atoms with Gasteiger partial charge in [0.1, 0.15) is 0 Å². The van der Waals surface area contributed by atoms with Crippen LogP contribution in [0.3, 0.4) is 0 Å². The number of hydrogen-bond acceptors (Lipinski definition) is 2. The molecule has 1 heterocycles. The van der Waals surface area contributed by atoms with Crippen LogP contribution in [0, 0.1) is 11.3 Å². The number of hydrogen-bond donors (Lipinski definition) is 0. The SMILES string of the molecule is CC(C)c1ccc(C2(C#N)CCOCC2)cc1. The Morgan fingerprint density at radius 3 is 2.24 bits per heavy atom. The first-order valence-corrected chi connectivity index (χ1v) is 6.27. The highest BCUT2D eigenvalue weighted by Gasteiger charge is 2.34. The molecule has 2 rings (SSSR count). The Balaban J connectivity index is 2.29. The fourth-order valence-corrected chi connectivity index (χ4v) is 2.37. The van der Waals surface area contributed by atoms with Gasteiger partial charge in [-0.15, -0.1) is 0 Å². The summed E-state index contributed by atoms with van der Waals surface area (Å²) in [5.41, 5.74) is 2.15. The Bertz CT molecular complexity index is 408. The number of nitrogens with zero attached hydrogens (tertiary/aromatic N) is 1. The van der Waals surface area contributed by atoms with Gasteiger partial charge in [0.15, 0.2) is 0 Å². The van der Waals surface area contributed by atoms with Crippen molar-refractivity contribution in [2.75, 3.05) is 13.2 Å². The first-order valence-electron chi connectivity index (χ1n) is 6.27. The number of rotatable bonds is 2. The Hall–Kier alpha value is -1.33. The summed E-state index contributed by atoms with van der Waals surface area (Å²) in [4.78, 5) is 0. The molecule has 0 aliphatic carbocycles. The van der Waals surface area contributed by atoms with Crippen molar-refractivity contribution in [1.29, 1.82) is 5.26 Å². The zero-order valence-corrected chi connectivity index (χ0v) is 10.6. The molecule has 2 heteroatoms. The molecule has 2 nitrogen and oxygen atoms in total. The van der Waals surface area contributed by atoms with Crippen molar-refractivity contribution >= 4 is 0 Å². The monoisotopic (exact) mass is 229 g/mol. The first-order chi connectivity index (χ1) is 8.18. The summed E-state index contributed by atoms with van der Waals surface area (Å²) in [7, 11) is 0. The van der Waals surface area contributed by atoms with Gasteiger partial charge in [0.05, 0.1) is 11.5 Å². The zero-order valence-electron chi connectivity index (χ0n) is 10.6. The maximum Gasteiger partial charge on any atom is 0.0866 e. The normalized spacial score (nSPS) is 18.9. The minimum Gasteiger partial charge on any atom is -0.381 e. The maximum atomic E-state index is 9.47. The first kappa shape index (κ1) is 12.1. The second-order valence-electron chi connectivity index (χ2n) is 5.08. The summed E-state index contributed by atoms with van der Waals surface area (Å²) < 4.78 is 5.36. The fraction of sp³-hybridized carbons (Fsp3) is 0.533. The Kier molecular flexibility index (Phi) is 3.49. The number of nitriles is 1. The largest absolute Gasteiger partial charge is 0.381 e.